The molecular formula is C13H15ClFNO3. The summed E-state index contributed by atoms with van der Waals surface area (Å²) >= 11 is 5.58. The number of rotatable bonds is 5. The Kier molecular flexibility index (Phi) is 5.30. The molecule has 0 aliphatic rings. The Morgan fingerprint density at radius 3 is 2.58 bits per heavy atom. The van der Waals surface area contributed by atoms with Crippen LogP contribution in [0.4, 0.5) is 4.39 Å². The molecule has 0 heterocycles. The molecule has 104 valence electrons. The second-order valence-corrected chi connectivity index (χ2v) is 4.71. The zero-order chi connectivity index (χ0) is 14.6. The van der Waals surface area contributed by atoms with E-state index >= 15 is 0 Å². The maximum absolute atomic E-state index is 13.0. The number of hydrogen-bond acceptors (Lipinski definition) is 2. The van der Waals surface area contributed by atoms with Gasteiger partial charge in [-0.15, -0.1) is 0 Å². The predicted octanol–water partition coefficient (Wildman–Crippen LogP) is 2.71. The van der Waals surface area contributed by atoms with Crippen molar-refractivity contribution >= 4 is 23.5 Å². The maximum atomic E-state index is 13.0. The van der Waals surface area contributed by atoms with Crippen LogP contribution in [0.2, 0.25) is 5.02 Å². The number of amides is 1. The highest BCUT2D eigenvalue weighted by Crippen LogP contribution is 2.16. The number of hydrogen-bond donors (Lipinski definition) is 2. The van der Waals surface area contributed by atoms with Crippen molar-refractivity contribution in [3.63, 3.8) is 0 Å². The Bertz CT molecular complexity index is 493. The van der Waals surface area contributed by atoms with Gasteiger partial charge in [-0.2, -0.15) is 0 Å². The lowest BCUT2D eigenvalue weighted by Gasteiger charge is -2.20. The SMILES string of the molecule is CC[C@H](C)[C@H](NC(=O)c1ccc(F)c(Cl)c1)C(=O)O. The highest BCUT2D eigenvalue weighted by molar-refractivity contribution is 6.31. The number of aliphatic carboxylic acids is 1. The van der Waals surface area contributed by atoms with Crippen LogP contribution in [0.25, 0.3) is 0 Å². The first-order valence-corrected chi connectivity index (χ1v) is 6.23. The zero-order valence-electron chi connectivity index (χ0n) is 10.6. The minimum Gasteiger partial charge on any atom is -0.480 e. The van der Waals surface area contributed by atoms with Gasteiger partial charge in [-0.3, -0.25) is 4.79 Å². The van der Waals surface area contributed by atoms with E-state index in [-0.39, 0.29) is 16.5 Å². The van der Waals surface area contributed by atoms with E-state index in [0.717, 1.165) is 6.07 Å². The fourth-order valence-electron chi connectivity index (χ4n) is 1.55. The third-order valence-electron chi connectivity index (χ3n) is 2.95. The van der Waals surface area contributed by atoms with Crippen LogP contribution >= 0.6 is 11.6 Å². The summed E-state index contributed by atoms with van der Waals surface area (Å²) in [5.41, 5.74) is 0.126. The lowest BCUT2D eigenvalue weighted by Crippen LogP contribution is -2.45. The van der Waals surface area contributed by atoms with Crippen LogP contribution in [0.1, 0.15) is 30.6 Å². The maximum Gasteiger partial charge on any atom is 0.326 e. The molecule has 6 heteroatoms. The second-order valence-electron chi connectivity index (χ2n) is 4.30. The van der Waals surface area contributed by atoms with Gasteiger partial charge in [0.2, 0.25) is 0 Å². The molecule has 0 spiro atoms. The van der Waals surface area contributed by atoms with Crippen molar-refractivity contribution in [2.45, 2.75) is 26.3 Å². The van der Waals surface area contributed by atoms with Crippen LogP contribution in [-0.2, 0) is 4.79 Å². The first-order chi connectivity index (χ1) is 8.86. The Morgan fingerprint density at radius 1 is 1.47 bits per heavy atom. The van der Waals surface area contributed by atoms with E-state index in [2.05, 4.69) is 5.32 Å². The Morgan fingerprint density at radius 2 is 2.11 bits per heavy atom. The quantitative estimate of drug-likeness (QED) is 0.875. The topological polar surface area (TPSA) is 66.4 Å². The Balaban J connectivity index is 2.87. The average molecular weight is 288 g/mol. The van der Waals surface area contributed by atoms with Gasteiger partial charge >= 0.3 is 5.97 Å². The highest BCUT2D eigenvalue weighted by atomic mass is 35.5. The van der Waals surface area contributed by atoms with E-state index in [1.807, 2.05) is 6.92 Å². The zero-order valence-corrected chi connectivity index (χ0v) is 11.4. The molecule has 19 heavy (non-hydrogen) atoms. The van der Waals surface area contributed by atoms with Gasteiger partial charge in [0.25, 0.3) is 5.91 Å². The molecule has 4 nitrogen and oxygen atoms in total. The fraction of sp³-hybridized carbons (Fsp3) is 0.385. The van der Waals surface area contributed by atoms with E-state index in [9.17, 15) is 14.0 Å². The lowest BCUT2D eigenvalue weighted by atomic mass is 9.99. The third-order valence-corrected chi connectivity index (χ3v) is 3.24. The smallest absolute Gasteiger partial charge is 0.326 e. The first-order valence-electron chi connectivity index (χ1n) is 5.85. The van der Waals surface area contributed by atoms with Gasteiger partial charge in [-0.1, -0.05) is 31.9 Å². The van der Waals surface area contributed by atoms with Crippen LogP contribution in [0.5, 0.6) is 0 Å². The van der Waals surface area contributed by atoms with E-state index < -0.39 is 23.7 Å². The van der Waals surface area contributed by atoms with Crippen molar-refractivity contribution in [3.8, 4) is 0 Å². The van der Waals surface area contributed by atoms with Crippen LogP contribution in [-0.4, -0.2) is 23.0 Å². The summed E-state index contributed by atoms with van der Waals surface area (Å²) in [7, 11) is 0. The molecule has 0 unspecified atom stereocenters. The molecule has 0 saturated heterocycles. The summed E-state index contributed by atoms with van der Waals surface area (Å²) in [6.45, 7) is 3.57. The molecule has 1 aromatic carbocycles. The molecule has 0 saturated carbocycles. The van der Waals surface area contributed by atoms with E-state index in [1.54, 1.807) is 6.92 Å². The average Bonchev–Trinajstić information content (AvgIpc) is 2.37. The van der Waals surface area contributed by atoms with Gasteiger partial charge in [0.1, 0.15) is 11.9 Å². The first kappa shape index (κ1) is 15.4. The molecule has 1 amide bonds. The third kappa shape index (κ3) is 3.92. The van der Waals surface area contributed by atoms with Crippen LogP contribution in [0, 0.1) is 11.7 Å². The van der Waals surface area contributed by atoms with Crippen molar-refractivity contribution in [1.82, 2.24) is 5.32 Å². The van der Waals surface area contributed by atoms with E-state index in [0.29, 0.717) is 6.42 Å². The summed E-state index contributed by atoms with van der Waals surface area (Å²) < 4.78 is 13.0. The van der Waals surface area contributed by atoms with Gasteiger partial charge in [-0.05, 0) is 24.1 Å². The summed E-state index contributed by atoms with van der Waals surface area (Å²) in [6, 6.07) is 2.51. The van der Waals surface area contributed by atoms with Crippen molar-refractivity contribution < 1.29 is 19.1 Å². The monoisotopic (exact) mass is 287 g/mol. The summed E-state index contributed by atoms with van der Waals surface area (Å²) in [6.07, 6.45) is 0.613. The number of carbonyl (C=O) groups excluding carboxylic acids is 1. The van der Waals surface area contributed by atoms with Crippen molar-refractivity contribution in [2.24, 2.45) is 5.92 Å². The molecule has 2 N–H and O–H groups in total. The van der Waals surface area contributed by atoms with E-state index in [4.69, 9.17) is 16.7 Å². The molecule has 0 aliphatic carbocycles. The van der Waals surface area contributed by atoms with Gasteiger partial charge in [0.15, 0.2) is 0 Å². The van der Waals surface area contributed by atoms with Crippen molar-refractivity contribution in [2.75, 3.05) is 0 Å². The summed E-state index contributed by atoms with van der Waals surface area (Å²) in [4.78, 5) is 23.0. The minimum atomic E-state index is -1.10. The summed E-state index contributed by atoms with van der Waals surface area (Å²) in [5.74, 6) is -2.53. The molecule has 0 aliphatic heterocycles. The Labute approximate surface area is 115 Å². The van der Waals surface area contributed by atoms with Gasteiger partial charge in [0, 0.05) is 5.56 Å². The standard InChI is InChI=1S/C13H15ClFNO3/c1-3-7(2)11(13(18)19)16-12(17)8-4-5-10(15)9(14)6-8/h4-7,11H,3H2,1-2H3,(H,16,17)(H,18,19)/t7-,11-/m0/s1. The van der Waals surface area contributed by atoms with Crippen LogP contribution < -0.4 is 5.32 Å². The number of carbonyl (C=O) groups is 2. The number of halogens is 2. The molecule has 0 bridgehead atoms. The number of benzene rings is 1. The van der Waals surface area contributed by atoms with Crippen LogP contribution in [0.3, 0.4) is 0 Å². The lowest BCUT2D eigenvalue weighted by molar-refractivity contribution is -0.140. The molecular weight excluding hydrogens is 273 g/mol. The van der Waals surface area contributed by atoms with Gasteiger partial charge < -0.3 is 10.4 Å². The minimum absolute atomic E-state index is 0.126. The van der Waals surface area contributed by atoms with Crippen molar-refractivity contribution in [3.05, 3.63) is 34.6 Å². The predicted molar refractivity (Wildman–Crippen MR) is 69.8 cm³/mol. The second kappa shape index (κ2) is 6.52. The normalized spacial score (nSPS) is 13.7. The molecule has 1 rings (SSSR count). The molecule has 2 atom stereocenters. The number of carboxylic acid groups (broad SMARTS) is 1. The Hall–Kier alpha value is -1.62. The van der Waals surface area contributed by atoms with Crippen molar-refractivity contribution in [1.29, 1.82) is 0 Å². The molecule has 0 radical (unpaired) electrons. The number of nitrogens with one attached hydrogen (secondary N) is 1. The molecule has 1 aromatic rings. The molecule has 0 fully saturated rings. The molecule has 0 aromatic heterocycles. The summed E-state index contributed by atoms with van der Waals surface area (Å²) in [5, 5.41) is 11.3. The van der Waals surface area contributed by atoms with Gasteiger partial charge in [-0.25, -0.2) is 9.18 Å². The van der Waals surface area contributed by atoms with E-state index in [1.165, 1.54) is 12.1 Å². The van der Waals surface area contributed by atoms with Gasteiger partial charge in [0.05, 0.1) is 5.02 Å². The largest absolute Gasteiger partial charge is 0.480 e. The fourth-order valence-corrected chi connectivity index (χ4v) is 1.73. The highest BCUT2D eigenvalue weighted by Gasteiger charge is 2.25. The van der Waals surface area contributed by atoms with Crippen LogP contribution in [0.15, 0.2) is 18.2 Å². The number of carboxylic acids is 1.